The summed E-state index contributed by atoms with van der Waals surface area (Å²) in [6.45, 7) is 2.82. The van der Waals surface area contributed by atoms with E-state index in [1.54, 1.807) is 12.1 Å². The second-order valence-corrected chi connectivity index (χ2v) is 6.12. The van der Waals surface area contributed by atoms with E-state index in [2.05, 4.69) is 29.4 Å². The number of nitrogens with one attached hydrogen (secondary N) is 1. The zero-order valence-corrected chi connectivity index (χ0v) is 12.2. The number of halogens is 1. The normalized spacial score (nSPS) is 20.8. The van der Waals surface area contributed by atoms with Crippen LogP contribution in [0.4, 0.5) is 10.1 Å². The number of anilines is 1. The van der Waals surface area contributed by atoms with Crippen LogP contribution in [0.1, 0.15) is 28.2 Å². The largest absolute Gasteiger partial charge is 0.384 e. The lowest BCUT2D eigenvalue weighted by molar-refractivity contribution is 0.293. The zero-order valence-electron chi connectivity index (χ0n) is 12.2. The van der Waals surface area contributed by atoms with Gasteiger partial charge in [-0.3, -0.25) is 0 Å². The molecule has 108 valence electrons. The van der Waals surface area contributed by atoms with Crippen molar-refractivity contribution in [3.05, 3.63) is 64.5 Å². The summed E-state index contributed by atoms with van der Waals surface area (Å²) in [6, 6.07) is 11.6. The smallest absolute Gasteiger partial charge is 0.127 e. The van der Waals surface area contributed by atoms with Crippen LogP contribution >= 0.6 is 0 Å². The van der Waals surface area contributed by atoms with Gasteiger partial charge in [0.2, 0.25) is 0 Å². The van der Waals surface area contributed by atoms with Gasteiger partial charge in [-0.1, -0.05) is 30.3 Å². The molecule has 0 aliphatic carbocycles. The van der Waals surface area contributed by atoms with Gasteiger partial charge in [0.15, 0.2) is 0 Å². The highest BCUT2D eigenvalue weighted by molar-refractivity contribution is 5.65. The number of hydrogen-bond acceptors (Lipinski definition) is 2. The molecule has 2 heterocycles. The van der Waals surface area contributed by atoms with Crippen molar-refractivity contribution in [2.45, 2.75) is 18.9 Å². The first-order valence-corrected chi connectivity index (χ1v) is 7.55. The first-order chi connectivity index (χ1) is 10.2. The molecule has 0 aromatic heterocycles. The molecule has 21 heavy (non-hydrogen) atoms. The van der Waals surface area contributed by atoms with Crippen LogP contribution in [-0.4, -0.2) is 25.0 Å². The third-order valence-corrected chi connectivity index (χ3v) is 4.71. The van der Waals surface area contributed by atoms with E-state index in [0.717, 1.165) is 31.6 Å². The molecule has 1 atom stereocenters. The first-order valence-electron chi connectivity index (χ1n) is 7.55. The average molecular weight is 282 g/mol. The Morgan fingerprint density at radius 3 is 2.86 bits per heavy atom. The molecule has 1 N–H and O–H groups in total. The molecule has 0 saturated heterocycles. The number of rotatable bonds is 1. The molecular formula is C18H19FN2. The van der Waals surface area contributed by atoms with E-state index < -0.39 is 0 Å². The average Bonchev–Trinajstić information content (AvgIpc) is 2.96. The Labute approximate surface area is 124 Å². The Morgan fingerprint density at radius 1 is 1.14 bits per heavy atom. The Kier molecular flexibility index (Phi) is 2.96. The van der Waals surface area contributed by atoms with Gasteiger partial charge < -0.3 is 10.2 Å². The summed E-state index contributed by atoms with van der Waals surface area (Å²) in [7, 11) is 2.12. The van der Waals surface area contributed by atoms with Crippen molar-refractivity contribution < 1.29 is 4.39 Å². The molecule has 4 rings (SSSR count). The van der Waals surface area contributed by atoms with Gasteiger partial charge in [-0.2, -0.15) is 0 Å². The predicted octanol–water partition coefficient (Wildman–Crippen LogP) is 3.37. The Balaban J connectivity index is 1.88. The minimum absolute atomic E-state index is 0.0998. The van der Waals surface area contributed by atoms with Gasteiger partial charge >= 0.3 is 0 Å². The maximum absolute atomic E-state index is 14.2. The molecule has 2 aliphatic rings. The van der Waals surface area contributed by atoms with Crippen molar-refractivity contribution in [2.24, 2.45) is 0 Å². The minimum Gasteiger partial charge on any atom is -0.384 e. The quantitative estimate of drug-likeness (QED) is 0.862. The molecule has 0 radical (unpaired) electrons. The summed E-state index contributed by atoms with van der Waals surface area (Å²) in [5.41, 5.74) is 6.14. The van der Waals surface area contributed by atoms with Crippen LogP contribution in [0.3, 0.4) is 0 Å². The zero-order chi connectivity index (χ0) is 14.4. The van der Waals surface area contributed by atoms with Gasteiger partial charge in [-0.05, 0) is 41.8 Å². The SMILES string of the molecule is CN1Cc2c(ccc3c2NCC3)C(c2ccccc2F)C1. The van der Waals surface area contributed by atoms with E-state index in [9.17, 15) is 4.39 Å². The third-order valence-electron chi connectivity index (χ3n) is 4.71. The predicted molar refractivity (Wildman–Crippen MR) is 83.2 cm³/mol. The number of benzene rings is 2. The van der Waals surface area contributed by atoms with Crippen LogP contribution in [-0.2, 0) is 13.0 Å². The molecule has 3 heteroatoms. The van der Waals surface area contributed by atoms with Gasteiger partial charge in [0, 0.05) is 31.2 Å². The van der Waals surface area contributed by atoms with E-state index in [0.29, 0.717) is 0 Å². The van der Waals surface area contributed by atoms with Crippen molar-refractivity contribution in [1.82, 2.24) is 4.90 Å². The summed E-state index contributed by atoms with van der Waals surface area (Å²) in [5, 5.41) is 3.52. The Hall–Kier alpha value is -1.87. The highest BCUT2D eigenvalue weighted by atomic mass is 19.1. The second-order valence-electron chi connectivity index (χ2n) is 6.12. The lowest BCUT2D eigenvalue weighted by Gasteiger charge is -2.34. The van der Waals surface area contributed by atoms with Crippen molar-refractivity contribution in [3.63, 3.8) is 0 Å². The highest BCUT2D eigenvalue weighted by Gasteiger charge is 2.30. The van der Waals surface area contributed by atoms with Gasteiger partial charge in [0.25, 0.3) is 0 Å². The maximum atomic E-state index is 14.2. The van der Waals surface area contributed by atoms with Crippen molar-refractivity contribution >= 4 is 5.69 Å². The van der Waals surface area contributed by atoms with E-state index in [4.69, 9.17) is 0 Å². The molecule has 2 aromatic rings. The fourth-order valence-electron chi connectivity index (χ4n) is 3.73. The van der Waals surface area contributed by atoms with E-state index in [1.807, 2.05) is 12.1 Å². The number of likely N-dealkylation sites (N-methyl/N-ethyl adjacent to an activating group) is 1. The van der Waals surface area contributed by atoms with Gasteiger partial charge in [0.1, 0.15) is 5.82 Å². The van der Waals surface area contributed by atoms with Crippen LogP contribution in [0.5, 0.6) is 0 Å². The molecular weight excluding hydrogens is 263 g/mol. The Bertz CT molecular complexity index is 696. The van der Waals surface area contributed by atoms with Gasteiger partial charge in [-0.25, -0.2) is 4.39 Å². The third kappa shape index (κ3) is 2.04. The molecule has 2 nitrogen and oxygen atoms in total. The number of fused-ring (bicyclic) bond motifs is 3. The van der Waals surface area contributed by atoms with E-state index in [1.165, 1.54) is 22.4 Å². The fourth-order valence-corrected chi connectivity index (χ4v) is 3.73. The number of nitrogens with zero attached hydrogens (tertiary/aromatic N) is 1. The summed E-state index contributed by atoms with van der Waals surface area (Å²) in [5.74, 6) is 0.0184. The summed E-state index contributed by atoms with van der Waals surface area (Å²) < 4.78 is 14.2. The maximum Gasteiger partial charge on any atom is 0.127 e. The van der Waals surface area contributed by atoms with Gasteiger partial charge in [-0.15, -0.1) is 0 Å². The van der Waals surface area contributed by atoms with Crippen LogP contribution in [0.15, 0.2) is 36.4 Å². The van der Waals surface area contributed by atoms with Crippen LogP contribution in [0.25, 0.3) is 0 Å². The molecule has 1 unspecified atom stereocenters. The molecule has 2 aliphatic heterocycles. The molecule has 0 fully saturated rings. The van der Waals surface area contributed by atoms with Gasteiger partial charge in [0.05, 0.1) is 0 Å². The van der Waals surface area contributed by atoms with E-state index in [-0.39, 0.29) is 11.7 Å². The molecule has 0 bridgehead atoms. The fraction of sp³-hybridized carbons (Fsp3) is 0.333. The summed E-state index contributed by atoms with van der Waals surface area (Å²) in [6.07, 6.45) is 1.09. The lowest BCUT2D eigenvalue weighted by atomic mass is 9.83. The van der Waals surface area contributed by atoms with Crippen LogP contribution < -0.4 is 5.32 Å². The molecule has 2 aromatic carbocycles. The lowest BCUT2D eigenvalue weighted by Crippen LogP contribution is -2.32. The summed E-state index contributed by atoms with van der Waals surface area (Å²) in [4.78, 5) is 2.29. The molecule has 0 amide bonds. The highest BCUT2D eigenvalue weighted by Crippen LogP contribution is 2.40. The summed E-state index contributed by atoms with van der Waals surface area (Å²) >= 11 is 0. The van der Waals surface area contributed by atoms with Crippen molar-refractivity contribution in [3.8, 4) is 0 Å². The first kappa shape index (κ1) is 12.8. The monoisotopic (exact) mass is 282 g/mol. The van der Waals surface area contributed by atoms with Crippen molar-refractivity contribution in [2.75, 3.05) is 25.5 Å². The van der Waals surface area contributed by atoms with Crippen LogP contribution in [0, 0.1) is 5.82 Å². The van der Waals surface area contributed by atoms with Crippen molar-refractivity contribution in [1.29, 1.82) is 0 Å². The topological polar surface area (TPSA) is 15.3 Å². The second kappa shape index (κ2) is 4.85. The van der Waals surface area contributed by atoms with E-state index >= 15 is 0 Å². The standard InChI is InChI=1S/C18H19FN2/c1-21-10-15(14-4-2-3-5-17(14)19)13-7-6-12-8-9-20-18(12)16(13)11-21/h2-7,15,20H,8-11H2,1H3. The Morgan fingerprint density at radius 2 is 2.00 bits per heavy atom. The minimum atomic E-state index is -0.0998. The number of hydrogen-bond donors (Lipinski definition) is 1. The van der Waals surface area contributed by atoms with Crippen LogP contribution in [0.2, 0.25) is 0 Å². The molecule has 0 saturated carbocycles. The molecule has 0 spiro atoms.